The Morgan fingerprint density at radius 3 is 2.30 bits per heavy atom. The van der Waals surface area contributed by atoms with Crippen LogP contribution in [0.2, 0.25) is 0 Å². The third kappa shape index (κ3) is 4.37. The van der Waals surface area contributed by atoms with Crippen LogP contribution in [0.5, 0.6) is 5.75 Å². The van der Waals surface area contributed by atoms with Gasteiger partial charge < -0.3 is 15.5 Å². The van der Waals surface area contributed by atoms with E-state index in [9.17, 15) is 10.2 Å². The van der Waals surface area contributed by atoms with E-state index in [1.165, 1.54) is 5.56 Å². The first-order chi connectivity index (χ1) is 9.79. The number of aliphatic hydroxyl groups excluding tert-OH is 1. The zero-order chi connectivity index (χ0) is 14.2. The van der Waals surface area contributed by atoms with Crippen molar-refractivity contribution in [1.29, 1.82) is 0 Å². The van der Waals surface area contributed by atoms with Crippen LogP contribution in [0.25, 0.3) is 0 Å². The molecule has 0 aromatic heterocycles. The topological polar surface area (TPSA) is 52.5 Å². The average molecular weight is 271 g/mol. The number of hydrogen-bond donors (Lipinski definition) is 3. The van der Waals surface area contributed by atoms with Gasteiger partial charge in [-0.1, -0.05) is 42.5 Å². The molecule has 1 unspecified atom stereocenters. The largest absolute Gasteiger partial charge is 0.508 e. The number of aromatic hydroxyl groups is 1. The van der Waals surface area contributed by atoms with E-state index in [1.807, 2.05) is 42.5 Å². The van der Waals surface area contributed by atoms with Gasteiger partial charge >= 0.3 is 0 Å². The van der Waals surface area contributed by atoms with Crippen molar-refractivity contribution in [2.45, 2.75) is 12.3 Å². The molecule has 0 spiro atoms. The molecule has 0 aliphatic heterocycles. The second-order valence-electron chi connectivity index (χ2n) is 4.91. The van der Waals surface area contributed by atoms with Crippen molar-refractivity contribution in [3.05, 3.63) is 65.7 Å². The number of nitrogens with one attached hydrogen (secondary N) is 1. The van der Waals surface area contributed by atoms with Gasteiger partial charge in [-0.25, -0.2) is 0 Å². The van der Waals surface area contributed by atoms with E-state index in [0.29, 0.717) is 5.75 Å². The van der Waals surface area contributed by atoms with Crippen LogP contribution in [0.15, 0.2) is 54.6 Å². The van der Waals surface area contributed by atoms with Gasteiger partial charge in [0.25, 0.3) is 0 Å². The van der Waals surface area contributed by atoms with Crippen LogP contribution in [-0.2, 0) is 6.42 Å². The summed E-state index contributed by atoms with van der Waals surface area (Å²) in [7, 11) is 0. The molecule has 3 nitrogen and oxygen atoms in total. The maximum Gasteiger partial charge on any atom is 0.115 e. The molecule has 3 N–H and O–H groups in total. The molecule has 20 heavy (non-hydrogen) atoms. The van der Waals surface area contributed by atoms with Crippen LogP contribution in [-0.4, -0.2) is 29.9 Å². The summed E-state index contributed by atoms with van der Waals surface area (Å²) in [4.78, 5) is 0. The average Bonchev–Trinajstić information content (AvgIpc) is 2.50. The van der Waals surface area contributed by atoms with Crippen molar-refractivity contribution < 1.29 is 10.2 Å². The zero-order valence-corrected chi connectivity index (χ0v) is 11.5. The van der Waals surface area contributed by atoms with E-state index in [0.717, 1.165) is 25.1 Å². The number of benzene rings is 2. The molecule has 0 radical (unpaired) electrons. The third-order valence-electron chi connectivity index (χ3n) is 3.41. The van der Waals surface area contributed by atoms with E-state index < -0.39 is 0 Å². The Bertz CT molecular complexity index is 496. The highest BCUT2D eigenvalue weighted by Gasteiger charge is 2.08. The maximum atomic E-state index is 9.46. The predicted molar refractivity (Wildman–Crippen MR) is 80.9 cm³/mol. The van der Waals surface area contributed by atoms with Gasteiger partial charge in [0.05, 0.1) is 6.61 Å². The normalized spacial score (nSPS) is 12.2. The molecule has 2 aromatic rings. The zero-order valence-electron chi connectivity index (χ0n) is 11.5. The van der Waals surface area contributed by atoms with Gasteiger partial charge in [0.1, 0.15) is 5.75 Å². The summed E-state index contributed by atoms with van der Waals surface area (Å²) in [5, 5.41) is 22.0. The predicted octanol–water partition coefficient (Wildman–Crippen LogP) is 2.30. The van der Waals surface area contributed by atoms with Gasteiger partial charge in [-0.15, -0.1) is 0 Å². The molecule has 0 bridgehead atoms. The molecule has 0 aliphatic rings. The number of phenols is 1. The van der Waals surface area contributed by atoms with E-state index in [4.69, 9.17) is 0 Å². The first kappa shape index (κ1) is 14.6. The highest BCUT2D eigenvalue weighted by molar-refractivity contribution is 5.26. The van der Waals surface area contributed by atoms with Crippen LogP contribution < -0.4 is 5.32 Å². The monoisotopic (exact) mass is 271 g/mol. The van der Waals surface area contributed by atoms with E-state index in [1.54, 1.807) is 12.1 Å². The highest BCUT2D eigenvalue weighted by Crippen LogP contribution is 2.13. The van der Waals surface area contributed by atoms with Gasteiger partial charge in [0, 0.05) is 12.5 Å². The maximum absolute atomic E-state index is 9.46. The molecular weight excluding hydrogens is 250 g/mol. The lowest BCUT2D eigenvalue weighted by atomic mass is 10.00. The summed E-state index contributed by atoms with van der Waals surface area (Å²) in [5.41, 5.74) is 2.35. The van der Waals surface area contributed by atoms with Crippen LogP contribution in [0.3, 0.4) is 0 Å². The van der Waals surface area contributed by atoms with Crippen molar-refractivity contribution in [3.8, 4) is 5.75 Å². The summed E-state index contributed by atoms with van der Waals surface area (Å²) in [6, 6.07) is 17.3. The summed E-state index contributed by atoms with van der Waals surface area (Å²) < 4.78 is 0. The fraction of sp³-hybridized carbons (Fsp3) is 0.294. The van der Waals surface area contributed by atoms with Crippen LogP contribution in [0.4, 0.5) is 0 Å². The van der Waals surface area contributed by atoms with E-state index >= 15 is 0 Å². The summed E-state index contributed by atoms with van der Waals surface area (Å²) >= 11 is 0. The molecule has 0 aliphatic carbocycles. The number of phenolic OH excluding ortho intramolecular Hbond substituents is 1. The lowest BCUT2D eigenvalue weighted by Crippen LogP contribution is -2.25. The van der Waals surface area contributed by atoms with Crippen LogP contribution in [0, 0.1) is 0 Å². The molecule has 0 fully saturated rings. The molecule has 3 heteroatoms. The number of rotatable bonds is 7. The van der Waals surface area contributed by atoms with Crippen LogP contribution in [0.1, 0.15) is 17.0 Å². The van der Waals surface area contributed by atoms with Gasteiger partial charge in [-0.05, 0) is 36.2 Å². The van der Waals surface area contributed by atoms with Crippen molar-refractivity contribution >= 4 is 0 Å². The fourth-order valence-corrected chi connectivity index (χ4v) is 2.18. The second kappa shape index (κ2) is 7.68. The van der Waals surface area contributed by atoms with Crippen LogP contribution >= 0.6 is 0 Å². The molecule has 0 saturated carbocycles. The van der Waals surface area contributed by atoms with Gasteiger partial charge in [-0.3, -0.25) is 0 Å². The minimum Gasteiger partial charge on any atom is -0.508 e. The molecular formula is C17H21NO2. The molecule has 0 heterocycles. The smallest absolute Gasteiger partial charge is 0.115 e. The van der Waals surface area contributed by atoms with Gasteiger partial charge in [0.2, 0.25) is 0 Å². The summed E-state index contributed by atoms with van der Waals surface area (Å²) in [6.07, 6.45) is 0.910. The second-order valence-corrected chi connectivity index (χ2v) is 4.91. The van der Waals surface area contributed by atoms with Crippen molar-refractivity contribution in [1.82, 2.24) is 5.32 Å². The number of aliphatic hydroxyl groups is 1. The Morgan fingerprint density at radius 2 is 1.65 bits per heavy atom. The Labute approximate surface area is 119 Å². The van der Waals surface area contributed by atoms with Gasteiger partial charge in [0.15, 0.2) is 0 Å². The van der Waals surface area contributed by atoms with Crippen molar-refractivity contribution in [2.24, 2.45) is 0 Å². The minimum atomic E-state index is 0.135. The standard InChI is InChI=1S/C17H21NO2/c19-13-16(15-4-2-1-3-5-15)12-18-11-10-14-6-8-17(20)9-7-14/h1-9,16,18-20H,10-13H2. The minimum absolute atomic E-state index is 0.135. The molecule has 0 saturated heterocycles. The Hall–Kier alpha value is -1.84. The molecule has 2 aromatic carbocycles. The quantitative estimate of drug-likeness (QED) is 0.677. The summed E-state index contributed by atoms with van der Waals surface area (Å²) in [6.45, 7) is 1.77. The Morgan fingerprint density at radius 1 is 0.950 bits per heavy atom. The fourth-order valence-electron chi connectivity index (χ4n) is 2.18. The third-order valence-corrected chi connectivity index (χ3v) is 3.41. The first-order valence-electron chi connectivity index (χ1n) is 6.94. The molecule has 2 rings (SSSR count). The van der Waals surface area contributed by atoms with E-state index in [2.05, 4.69) is 5.32 Å². The summed E-state index contributed by atoms with van der Waals surface area (Å²) in [5.74, 6) is 0.433. The Kier molecular flexibility index (Phi) is 5.59. The molecule has 106 valence electrons. The Balaban J connectivity index is 1.76. The van der Waals surface area contributed by atoms with Crippen molar-refractivity contribution in [2.75, 3.05) is 19.7 Å². The number of hydrogen-bond acceptors (Lipinski definition) is 3. The lowest BCUT2D eigenvalue weighted by molar-refractivity contribution is 0.262. The molecule has 0 amide bonds. The van der Waals surface area contributed by atoms with E-state index in [-0.39, 0.29) is 12.5 Å². The first-order valence-corrected chi connectivity index (χ1v) is 6.94. The SMILES string of the molecule is OCC(CNCCc1ccc(O)cc1)c1ccccc1. The van der Waals surface area contributed by atoms with Crippen molar-refractivity contribution in [3.63, 3.8) is 0 Å². The molecule has 1 atom stereocenters. The highest BCUT2D eigenvalue weighted by atomic mass is 16.3. The lowest BCUT2D eigenvalue weighted by Gasteiger charge is -2.15. The van der Waals surface area contributed by atoms with Gasteiger partial charge in [-0.2, -0.15) is 0 Å².